The van der Waals surface area contributed by atoms with Crippen molar-refractivity contribution in [2.75, 3.05) is 0 Å². The molecular weight excluding hydrogens is 285 g/mol. The fraction of sp³-hybridized carbons (Fsp3) is 0.100. The van der Waals surface area contributed by atoms with Crippen LogP contribution in [0.15, 0.2) is 41.0 Å². The van der Waals surface area contributed by atoms with Crippen LogP contribution >= 0.6 is 15.9 Å². The topological polar surface area (TPSA) is 17.8 Å². The minimum absolute atomic E-state index is 0.375. The maximum absolute atomic E-state index is 12.6. The van der Waals surface area contributed by atoms with Crippen LogP contribution < -0.4 is 0 Å². The Morgan fingerprint density at radius 2 is 1.69 bits per heavy atom. The van der Waals surface area contributed by atoms with E-state index in [1.807, 2.05) is 0 Å². The van der Waals surface area contributed by atoms with Crippen LogP contribution in [0.2, 0.25) is 0 Å². The van der Waals surface area contributed by atoms with Gasteiger partial charge in [0.1, 0.15) is 5.69 Å². The first-order valence-electron chi connectivity index (χ1n) is 4.35. The summed E-state index contributed by atoms with van der Waals surface area (Å²) in [5.74, 6) is 0. The van der Waals surface area contributed by atoms with E-state index >= 15 is 0 Å². The molecule has 0 atom stereocenters. The van der Waals surface area contributed by atoms with E-state index in [1.54, 1.807) is 24.3 Å². The van der Waals surface area contributed by atoms with Crippen molar-refractivity contribution in [3.05, 3.63) is 46.7 Å². The zero-order chi connectivity index (χ0) is 11.8. The molecule has 2 aromatic rings. The highest BCUT2D eigenvalue weighted by Crippen LogP contribution is 2.30. The van der Waals surface area contributed by atoms with E-state index in [9.17, 15) is 13.2 Å². The number of nitrogens with zero attached hydrogens (tertiary/aromatic N) is 2. The molecule has 1 aromatic carbocycles. The Hall–Kier alpha value is -1.30. The first-order valence-corrected chi connectivity index (χ1v) is 5.15. The van der Waals surface area contributed by atoms with Crippen molar-refractivity contribution in [3.8, 4) is 5.69 Å². The van der Waals surface area contributed by atoms with Crippen LogP contribution in [-0.4, -0.2) is 9.78 Å². The lowest BCUT2D eigenvalue weighted by molar-refractivity contribution is -0.142. The second-order valence-corrected chi connectivity index (χ2v) is 4.02. The summed E-state index contributed by atoms with van der Waals surface area (Å²) >= 11 is 3.21. The minimum atomic E-state index is -4.40. The van der Waals surface area contributed by atoms with Gasteiger partial charge in [0.15, 0.2) is 0 Å². The van der Waals surface area contributed by atoms with Crippen molar-refractivity contribution >= 4 is 15.9 Å². The molecule has 6 heteroatoms. The van der Waals surface area contributed by atoms with E-state index in [-0.39, 0.29) is 0 Å². The van der Waals surface area contributed by atoms with Crippen LogP contribution in [0.1, 0.15) is 5.69 Å². The Balaban J connectivity index is 2.49. The SMILES string of the molecule is FC(F)(F)c1ccnn1-c1ccc(Br)cc1. The number of aromatic nitrogens is 2. The predicted octanol–water partition coefficient (Wildman–Crippen LogP) is 3.65. The summed E-state index contributed by atoms with van der Waals surface area (Å²) in [5.41, 5.74) is -0.407. The Bertz CT molecular complexity index is 488. The van der Waals surface area contributed by atoms with Crippen LogP contribution in [0.3, 0.4) is 0 Å². The molecule has 0 aliphatic heterocycles. The lowest BCUT2D eigenvalue weighted by atomic mass is 10.3. The number of hydrogen-bond acceptors (Lipinski definition) is 1. The van der Waals surface area contributed by atoms with E-state index in [4.69, 9.17) is 0 Å². The molecule has 0 fully saturated rings. The molecule has 84 valence electrons. The molecule has 0 saturated carbocycles. The summed E-state index contributed by atoms with van der Waals surface area (Å²) in [4.78, 5) is 0. The highest BCUT2D eigenvalue weighted by atomic mass is 79.9. The number of hydrogen-bond donors (Lipinski definition) is 0. The lowest BCUT2D eigenvalue weighted by Gasteiger charge is -2.10. The zero-order valence-electron chi connectivity index (χ0n) is 7.87. The fourth-order valence-electron chi connectivity index (χ4n) is 1.31. The molecule has 16 heavy (non-hydrogen) atoms. The highest BCUT2D eigenvalue weighted by molar-refractivity contribution is 9.10. The van der Waals surface area contributed by atoms with Gasteiger partial charge in [0.25, 0.3) is 0 Å². The molecule has 2 nitrogen and oxygen atoms in total. The third-order valence-corrected chi connectivity index (χ3v) is 2.53. The number of rotatable bonds is 1. The van der Waals surface area contributed by atoms with Gasteiger partial charge in [-0.2, -0.15) is 18.3 Å². The second kappa shape index (κ2) is 3.93. The van der Waals surface area contributed by atoms with Gasteiger partial charge in [-0.1, -0.05) is 15.9 Å². The monoisotopic (exact) mass is 290 g/mol. The molecule has 1 aromatic heterocycles. The molecule has 0 bridgehead atoms. The number of alkyl halides is 3. The normalized spacial score (nSPS) is 11.8. The third-order valence-electron chi connectivity index (χ3n) is 2.00. The van der Waals surface area contributed by atoms with Crippen LogP contribution in [0, 0.1) is 0 Å². The van der Waals surface area contributed by atoms with Gasteiger partial charge < -0.3 is 0 Å². The predicted molar refractivity (Wildman–Crippen MR) is 56.3 cm³/mol. The van der Waals surface area contributed by atoms with Crippen molar-refractivity contribution in [1.29, 1.82) is 0 Å². The molecule has 0 saturated heterocycles. The standard InChI is InChI=1S/C10H6BrF3N2/c11-7-1-3-8(4-2-7)16-9(5-6-15-16)10(12,13)14/h1-6H. The van der Waals surface area contributed by atoms with Crippen LogP contribution in [0.5, 0.6) is 0 Å². The van der Waals surface area contributed by atoms with Crippen LogP contribution in [0.4, 0.5) is 13.2 Å². The van der Waals surface area contributed by atoms with Crippen molar-refractivity contribution < 1.29 is 13.2 Å². The number of halogens is 4. The second-order valence-electron chi connectivity index (χ2n) is 3.10. The Kier molecular flexibility index (Phi) is 2.75. The minimum Gasteiger partial charge on any atom is -0.229 e. The average molecular weight is 291 g/mol. The highest BCUT2D eigenvalue weighted by Gasteiger charge is 2.35. The lowest BCUT2D eigenvalue weighted by Crippen LogP contribution is -2.13. The fourth-order valence-corrected chi connectivity index (χ4v) is 1.57. The Morgan fingerprint density at radius 3 is 2.25 bits per heavy atom. The molecule has 0 amide bonds. The Labute approximate surface area is 97.8 Å². The quantitative estimate of drug-likeness (QED) is 0.784. The molecule has 0 spiro atoms. The van der Waals surface area contributed by atoms with E-state index in [0.29, 0.717) is 5.69 Å². The van der Waals surface area contributed by atoms with Crippen molar-refractivity contribution in [2.45, 2.75) is 6.18 Å². The average Bonchev–Trinajstić information content (AvgIpc) is 2.66. The molecule has 0 aliphatic rings. The largest absolute Gasteiger partial charge is 0.433 e. The van der Waals surface area contributed by atoms with Gasteiger partial charge in [0.05, 0.1) is 11.9 Å². The molecule has 0 aliphatic carbocycles. The maximum atomic E-state index is 12.6. The van der Waals surface area contributed by atoms with Gasteiger partial charge in [-0.05, 0) is 30.3 Å². The summed E-state index contributed by atoms with van der Waals surface area (Å²) in [6, 6.07) is 7.40. The molecule has 0 unspecified atom stereocenters. The van der Waals surface area contributed by atoms with Gasteiger partial charge in [-0.3, -0.25) is 0 Å². The van der Waals surface area contributed by atoms with E-state index in [2.05, 4.69) is 21.0 Å². The summed E-state index contributed by atoms with van der Waals surface area (Å²) < 4.78 is 39.4. The van der Waals surface area contributed by atoms with Crippen LogP contribution in [-0.2, 0) is 6.18 Å². The third kappa shape index (κ3) is 2.11. The van der Waals surface area contributed by atoms with Crippen molar-refractivity contribution in [2.24, 2.45) is 0 Å². The first-order chi connectivity index (χ1) is 7.48. The van der Waals surface area contributed by atoms with Crippen LogP contribution in [0.25, 0.3) is 5.69 Å². The summed E-state index contributed by atoms with van der Waals surface area (Å²) in [6.45, 7) is 0. The van der Waals surface area contributed by atoms with Gasteiger partial charge >= 0.3 is 6.18 Å². The summed E-state index contributed by atoms with van der Waals surface area (Å²) in [6.07, 6.45) is -3.27. The molecule has 0 N–H and O–H groups in total. The zero-order valence-corrected chi connectivity index (χ0v) is 9.46. The van der Waals surface area contributed by atoms with E-state index in [0.717, 1.165) is 21.4 Å². The van der Waals surface area contributed by atoms with Gasteiger partial charge in [0.2, 0.25) is 0 Å². The molecule has 2 rings (SSSR count). The van der Waals surface area contributed by atoms with E-state index < -0.39 is 11.9 Å². The maximum Gasteiger partial charge on any atom is 0.433 e. The van der Waals surface area contributed by atoms with Crippen molar-refractivity contribution in [3.63, 3.8) is 0 Å². The molecule has 1 heterocycles. The number of benzene rings is 1. The summed E-state index contributed by atoms with van der Waals surface area (Å²) in [5, 5.41) is 3.66. The smallest absolute Gasteiger partial charge is 0.229 e. The first kappa shape index (κ1) is 11.2. The summed E-state index contributed by atoms with van der Waals surface area (Å²) in [7, 11) is 0. The molecule has 0 radical (unpaired) electrons. The van der Waals surface area contributed by atoms with Gasteiger partial charge in [-0.25, -0.2) is 4.68 Å². The van der Waals surface area contributed by atoms with Gasteiger partial charge in [0, 0.05) is 4.47 Å². The van der Waals surface area contributed by atoms with Gasteiger partial charge in [-0.15, -0.1) is 0 Å². The molecular formula is C10H6BrF3N2. The van der Waals surface area contributed by atoms with Crippen molar-refractivity contribution in [1.82, 2.24) is 9.78 Å². The van der Waals surface area contributed by atoms with E-state index in [1.165, 1.54) is 0 Å². The Morgan fingerprint density at radius 1 is 1.06 bits per heavy atom.